The highest BCUT2D eigenvalue weighted by atomic mass is 32.2. The second-order valence-electron chi connectivity index (χ2n) is 11.6. The molecule has 0 amide bonds. The Hall–Kier alpha value is -5.07. The van der Waals surface area contributed by atoms with Crippen molar-refractivity contribution < 1.29 is 13.2 Å². The largest absolute Gasteiger partial charge is 0.385 e. The van der Waals surface area contributed by atoms with E-state index in [2.05, 4.69) is 93.1 Å². The zero-order valence-corrected chi connectivity index (χ0v) is 33.7. The van der Waals surface area contributed by atoms with Crippen molar-refractivity contribution >= 4 is 67.7 Å². The molecule has 0 aliphatic rings. The summed E-state index contributed by atoms with van der Waals surface area (Å²) in [6, 6.07) is 21.3. The van der Waals surface area contributed by atoms with Crippen LogP contribution in [0.25, 0.3) is 0 Å². The third-order valence-electron chi connectivity index (χ3n) is 7.63. The molecule has 0 bridgehead atoms. The third kappa shape index (κ3) is 13.4. The number of benzene rings is 3. The van der Waals surface area contributed by atoms with E-state index in [1.165, 1.54) is 21.3 Å². The summed E-state index contributed by atoms with van der Waals surface area (Å²) < 4.78 is 28.8. The van der Waals surface area contributed by atoms with Gasteiger partial charge in [-0.25, -0.2) is 9.19 Å². The van der Waals surface area contributed by atoms with Crippen LogP contribution in [0.3, 0.4) is 0 Å². The van der Waals surface area contributed by atoms with Crippen molar-refractivity contribution in [1.82, 2.24) is 4.98 Å². The molecule has 0 spiro atoms. The van der Waals surface area contributed by atoms with Gasteiger partial charge in [-0.05, 0) is 105 Å². The molecule has 1 aromatic heterocycles. The van der Waals surface area contributed by atoms with Gasteiger partial charge in [0.25, 0.3) is 0 Å². The van der Waals surface area contributed by atoms with Gasteiger partial charge in [0.15, 0.2) is 5.82 Å². The average molecular weight is 783 g/mol. The topological polar surface area (TPSA) is 154 Å². The highest BCUT2D eigenvalue weighted by Crippen LogP contribution is 2.36. The minimum Gasteiger partial charge on any atom is -0.385 e. The molecule has 3 aromatic carbocycles. The summed E-state index contributed by atoms with van der Waals surface area (Å²) in [5.41, 5.74) is 6.31. The summed E-state index contributed by atoms with van der Waals surface area (Å²) in [5, 5.41) is 38.7. The summed E-state index contributed by atoms with van der Waals surface area (Å²) in [6.07, 6.45) is 0.738. The lowest BCUT2D eigenvalue weighted by molar-refractivity contribution is 0.198. The molecular formula is C40H46N8O3S3. The van der Waals surface area contributed by atoms with Gasteiger partial charge in [-0.15, -0.1) is 5.11 Å². The van der Waals surface area contributed by atoms with Crippen molar-refractivity contribution in [3.05, 3.63) is 124 Å². The van der Waals surface area contributed by atoms with Gasteiger partial charge in [0.05, 0.1) is 33.4 Å². The quantitative estimate of drug-likeness (QED) is 0.0574. The highest BCUT2D eigenvalue weighted by molar-refractivity contribution is 8.02. The van der Waals surface area contributed by atoms with Gasteiger partial charge in [0, 0.05) is 64.1 Å². The monoisotopic (exact) mass is 782 g/mol. The van der Waals surface area contributed by atoms with E-state index in [-0.39, 0.29) is 0 Å². The number of rotatable bonds is 18. The number of nitriles is 1. The molecule has 0 aliphatic heterocycles. The lowest BCUT2D eigenvalue weighted by Crippen LogP contribution is -2.14. The fraction of sp³-hybridized carbons (Fsp3) is 0.250. The minimum atomic E-state index is -1.25. The van der Waals surface area contributed by atoms with Crippen molar-refractivity contribution in [2.75, 3.05) is 43.2 Å². The summed E-state index contributed by atoms with van der Waals surface area (Å²) >= 11 is 1.65. The Kier molecular flexibility index (Phi) is 18.4. The van der Waals surface area contributed by atoms with Gasteiger partial charge in [0.1, 0.15) is 17.6 Å². The zero-order valence-electron chi connectivity index (χ0n) is 31.3. The number of methoxy groups -OCH3 is 1. The van der Waals surface area contributed by atoms with Gasteiger partial charge in [-0.1, -0.05) is 49.2 Å². The van der Waals surface area contributed by atoms with Crippen LogP contribution in [0.5, 0.6) is 0 Å². The first-order valence-corrected chi connectivity index (χ1v) is 20.4. The number of aryl methyl sites for hydroxylation is 3. The van der Waals surface area contributed by atoms with Crippen LogP contribution in [0.4, 0.5) is 34.4 Å². The van der Waals surface area contributed by atoms with Crippen molar-refractivity contribution in [1.29, 1.82) is 5.26 Å². The Balaban J connectivity index is 0.000000676. The first-order chi connectivity index (χ1) is 26.0. The maximum atomic E-state index is 11.9. The van der Waals surface area contributed by atoms with Crippen molar-refractivity contribution in [2.24, 2.45) is 20.5 Å². The van der Waals surface area contributed by atoms with E-state index in [1.807, 2.05) is 31.4 Å². The average Bonchev–Trinajstić information content (AvgIpc) is 3.17. The Bertz CT molecular complexity index is 2060. The number of hydrogen-bond donors (Lipinski definition) is 2. The van der Waals surface area contributed by atoms with Crippen LogP contribution in [0.2, 0.25) is 0 Å². The molecule has 2 atom stereocenters. The number of thioether (sulfide) groups is 1. The number of nitrogens with one attached hydrogen (secondary N) is 2. The second-order valence-corrected chi connectivity index (χ2v) is 15.5. The van der Waals surface area contributed by atoms with Crippen molar-refractivity contribution in [3.63, 3.8) is 0 Å². The molecule has 0 aliphatic carbocycles. The van der Waals surface area contributed by atoms with Crippen LogP contribution in [-0.2, 0) is 26.3 Å². The number of pyridine rings is 1. The number of nitrogens with zero attached hydrogens (tertiary/aromatic N) is 6. The van der Waals surface area contributed by atoms with E-state index in [1.54, 1.807) is 50.1 Å². The van der Waals surface area contributed by atoms with Gasteiger partial charge in [-0.2, -0.15) is 20.6 Å². The maximum absolute atomic E-state index is 11.9. The van der Waals surface area contributed by atoms with E-state index >= 15 is 0 Å². The van der Waals surface area contributed by atoms with Gasteiger partial charge < -0.3 is 15.4 Å². The van der Waals surface area contributed by atoms with Crippen molar-refractivity contribution in [3.8, 4) is 6.07 Å². The molecule has 2 N–H and O–H groups in total. The predicted molar refractivity (Wildman–Crippen MR) is 225 cm³/mol. The molecule has 1 heterocycles. The van der Waals surface area contributed by atoms with Crippen LogP contribution >= 0.6 is 11.8 Å². The number of azo groups is 2. The van der Waals surface area contributed by atoms with E-state index in [9.17, 15) is 13.7 Å². The van der Waals surface area contributed by atoms with Crippen LogP contribution in [0, 0.1) is 39.0 Å². The number of hydrogen-bond acceptors (Lipinski definition) is 12. The molecule has 0 saturated carbocycles. The SMILES string of the molecule is C=CS(=O)CCNc1nc(NCCCOC)c(N=Nc2cc(C)c(N=Nc3ccc(S(=O)C=C)cc3)cc2C)c(C)c1C#N.C=CSc1ccc(C)cc1. The fourth-order valence-corrected chi connectivity index (χ4v) is 6.21. The first-order valence-electron chi connectivity index (χ1n) is 16.9. The van der Waals surface area contributed by atoms with Gasteiger partial charge in [-0.3, -0.25) is 4.21 Å². The molecule has 14 heteroatoms. The lowest BCUT2D eigenvalue weighted by atomic mass is 10.1. The molecule has 0 fully saturated rings. The molecule has 2 unspecified atom stereocenters. The van der Waals surface area contributed by atoms with Gasteiger partial charge in [0.2, 0.25) is 0 Å². The number of aromatic nitrogens is 1. The molecule has 282 valence electrons. The molecule has 0 saturated heterocycles. The van der Waals surface area contributed by atoms with Gasteiger partial charge >= 0.3 is 0 Å². The third-order valence-corrected chi connectivity index (χ3v) is 10.4. The molecule has 11 nitrogen and oxygen atoms in total. The standard InChI is InChI=1S/C31H36N8O3S2.C9H10S/c1-7-43(40)17-15-34-30-26(20-32)23(5)29(31(35-30)33-14-9-16-42-6)39-38-28-19-21(3)27(18-22(28)4)37-36-24-10-12-25(13-11-24)44(41)8-2;1-3-10-9-6-4-8(2)5-7-9/h7-8,10-13,18-19H,1-2,9,14-17H2,3-6H3,(H2,33,34,35);3-7H,1H2,2H3. The Morgan fingerprint density at radius 1 is 0.852 bits per heavy atom. The number of ether oxygens (including phenoxy) is 1. The van der Waals surface area contributed by atoms with E-state index in [0.717, 1.165) is 17.5 Å². The molecule has 0 radical (unpaired) electrons. The lowest BCUT2D eigenvalue weighted by Gasteiger charge is -2.15. The summed E-state index contributed by atoms with van der Waals surface area (Å²) in [7, 11) is -0.783. The maximum Gasteiger partial charge on any atom is 0.156 e. The summed E-state index contributed by atoms with van der Waals surface area (Å²) in [6.45, 7) is 19.9. The van der Waals surface area contributed by atoms with Crippen LogP contribution < -0.4 is 10.6 Å². The minimum absolute atomic E-state index is 0.332. The smallest absolute Gasteiger partial charge is 0.156 e. The normalized spacial score (nSPS) is 12.0. The van der Waals surface area contributed by atoms with Crippen molar-refractivity contribution in [2.45, 2.75) is 43.9 Å². The predicted octanol–water partition coefficient (Wildman–Crippen LogP) is 10.9. The Morgan fingerprint density at radius 2 is 1.48 bits per heavy atom. The summed E-state index contributed by atoms with van der Waals surface area (Å²) in [4.78, 5) is 6.55. The van der Waals surface area contributed by atoms with Crippen LogP contribution in [0.1, 0.15) is 34.2 Å². The van der Waals surface area contributed by atoms with E-state index in [0.29, 0.717) is 75.9 Å². The Morgan fingerprint density at radius 3 is 2.06 bits per heavy atom. The molecule has 4 rings (SSSR count). The first kappa shape index (κ1) is 43.3. The molecule has 54 heavy (non-hydrogen) atoms. The number of anilines is 2. The Labute approximate surface area is 327 Å². The highest BCUT2D eigenvalue weighted by Gasteiger charge is 2.18. The summed E-state index contributed by atoms with van der Waals surface area (Å²) in [5.74, 6) is 1.19. The van der Waals surface area contributed by atoms with Crippen LogP contribution in [-0.4, -0.2) is 46.0 Å². The second kappa shape index (κ2) is 22.9. The molecular weight excluding hydrogens is 737 g/mol. The van der Waals surface area contributed by atoms with E-state index in [4.69, 9.17) is 4.74 Å². The zero-order chi connectivity index (χ0) is 39.5. The fourth-order valence-electron chi connectivity index (χ4n) is 4.65. The van der Waals surface area contributed by atoms with Crippen LogP contribution in [0.15, 0.2) is 127 Å². The molecule has 4 aromatic rings. The van der Waals surface area contributed by atoms with E-state index < -0.39 is 21.6 Å².